The highest BCUT2D eigenvalue weighted by molar-refractivity contribution is 5.72. The third-order valence-corrected chi connectivity index (χ3v) is 6.73. The first-order valence-electron chi connectivity index (χ1n) is 13.3. The molecule has 4 N–H and O–H groups in total. The molecule has 0 fully saturated rings. The molecule has 0 atom stereocenters. The lowest BCUT2D eigenvalue weighted by Gasteiger charge is -2.11. The number of nitro benzene ring substituents is 2. The Morgan fingerprint density at radius 3 is 1.76 bits per heavy atom. The van der Waals surface area contributed by atoms with Crippen molar-refractivity contribution in [2.45, 2.75) is 6.18 Å². The fourth-order valence-electron chi connectivity index (χ4n) is 4.47. The van der Waals surface area contributed by atoms with Crippen molar-refractivity contribution < 1.29 is 47.8 Å². The predicted octanol–water partition coefficient (Wildman–Crippen LogP) is 5.67. The number of phenols is 4. The van der Waals surface area contributed by atoms with E-state index in [1.807, 2.05) is 0 Å². The van der Waals surface area contributed by atoms with E-state index < -0.39 is 61.9 Å². The standard InChI is InChI=1S/C15H9F3N4O4.C14H9FN4O4/c16-15(17,18)9-3-10(5-19-4-9)21-7-20-6-12(21)8-1-11(22(25)26)14(24)13(23)2-8;15-14-9(2-1-3-17-14)18-7-16-6-11(18)8-4-10(19(22)23)13(21)12(20)5-8/h1-7,23-24H;1-7,20-21H. The summed E-state index contributed by atoms with van der Waals surface area (Å²) in [4.78, 5) is 35.0. The van der Waals surface area contributed by atoms with Gasteiger partial charge in [-0.2, -0.15) is 17.6 Å². The van der Waals surface area contributed by atoms with Crippen LogP contribution in [0.4, 0.5) is 28.9 Å². The minimum absolute atomic E-state index is 0.0162. The molecule has 0 saturated heterocycles. The monoisotopic (exact) mass is 682 g/mol. The lowest BCUT2D eigenvalue weighted by Crippen LogP contribution is -2.07. The molecule has 250 valence electrons. The lowest BCUT2D eigenvalue weighted by atomic mass is 10.1. The third kappa shape index (κ3) is 6.72. The Balaban J connectivity index is 0.000000192. The van der Waals surface area contributed by atoms with Crippen LogP contribution in [0.1, 0.15) is 5.56 Å². The van der Waals surface area contributed by atoms with E-state index in [0.717, 1.165) is 36.5 Å². The van der Waals surface area contributed by atoms with E-state index in [-0.39, 0.29) is 33.9 Å². The molecule has 0 amide bonds. The second-order valence-electron chi connectivity index (χ2n) is 9.78. The number of rotatable bonds is 6. The maximum Gasteiger partial charge on any atom is 0.417 e. The minimum atomic E-state index is -4.60. The van der Waals surface area contributed by atoms with Crippen LogP contribution in [-0.2, 0) is 6.18 Å². The van der Waals surface area contributed by atoms with Gasteiger partial charge in [-0.25, -0.2) is 15.0 Å². The number of hydrogen-bond acceptors (Lipinski definition) is 12. The zero-order chi connectivity index (χ0) is 35.6. The van der Waals surface area contributed by atoms with Gasteiger partial charge in [-0.1, -0.05) is 0 Å². The Morgan fingerprint density at radius 2 is 1.24 bits per heavy atom. The van der Waals surface area contributed by atoms with Gasteiger partial charge in [-0.05, 0) is 30.3 Å². The van der Waals surface area contributed by atoms with Crippen LogP contribution >= 0.6 is 0 Å². The molecule has 6 rings (SSSR count). The van der Waals surface area contributed by atoms with Crippen molar-refractivity contribution in [2.75, 3.05) is 0 Å². The number of aromatic nitrogens is 6. The van der Waals surface area contributed by atoms with Gasteiger partial charge in [-0.3, -0.25) is 34.3 Å². The fraction of sp³-hybridized carbons (Fsp3) is 0.0345. The van der Waals surface area contributed by atoms with E-state index >= 15 is 0 Å². The van der Waals surface area contributed by atoms with Crippen LogP contribution in [-0.4, -0.2) is 59.3 Å². The van der Waals surface area contributed by atoms with Gasteiger partial charge in [0.05, 0.1) is 63.7 Å². The second-order valence-corrected chi connectivity index (χ2v) is 9.78. The summed E-state index contributed by atoms with van der Waals surface area (Å²) in [5.74, 6) is -3.90. The number of aromatic hydroxyl groups is 4. The topological polar surface area (TPSA) is 229 Å². The SMILES string of the molecule is O=[N+]([O-])c1cc(-c2cncn2-c2cccnc2F)cc(O)c1O.O=[N+]([O-])c1cc(-c2cncn2-c2cncc(C(F)(F)F)c2)cc(O)c1O. The molecule has 0 aliphatic rings. The van der Waals surface area contributed by atoms with Gasteiger partial charge in [0.2, 0.25) is 17.4 Å². The van der Waals surface area contributed by atoms with Crippen LogP contribution in [0.2, 0.25) is 0 Å². The zero-order valence-corrected chi connectivity index (χ0v) is 24.1. The molecule has 0 radical (unpaired) electrons. The normalized spacial score (nSPS) is 11.1. The van der Waals surface area contributed by atoms with Crippen molar-refractivity contribution in [1.82, 2.24) is 29.1 Å². The molecule has 0 bridgehead atoms. The van der Waals surface area contributed by atoms with Gasteiger partial charge in [0, 0.05) is 35.7 Å². The summed E-state index contributed by atoms with van der Waals surface area (Å²) >= 11 is 0. The molecule has 0 saturated carbocycles. The van der Waals surface area contributed by atoms with Gasteiger partial charge in [-0.15, -0.1) is 0 Å². The van der Waals surface area contributed by atoms with Gasteiger partial charge in [0.1, 0.15) is 5.69 Å². The van der Waals surface area contributed by atoms with E-state index in [1.165, 1.54) is 52.5 Å². The lowest BCUT2D eigenvalue weighted by molar-refractivity contribution is -0.386. The van der Waals surface area contributed by atoms with E-state index in [2.05, 4.69) is 19.9 Å². The summed E-state index contributed by atoms with van der Waals surface area (Å²) in [6.07, 6.45) is 3.61. The van der Waals surface area contributed by atoms with Gasteiger partial charge in [0.25, 0.3) is 0 Å². The molecule has 4 heterocycles. The van der Waals surface area contributed by atoms with Crippen molar-refractivity contribution >= 4 is 11.4 Å². The number of benzene rings is 2. The highest BCUT2D eigenvalue weighted by Gasteiger charge is 2.31. The zero-order valence-electron chi connectivity index (χ0n) is 24.1. The predicted molar refractivity (Wildman–Crippen MR) is 159 cm³/mol. The molecule has 0 spiro atoms. The molecule has 6 aromatic rings. The molecule has 2 aromatic carbocycles. The number of phenolic OH excluding ortho intramolecular Hbond substituents is 4. The van der Waals surface area contributed by atoms with Gasteiger partial charge < -0.3 is 20.4 Å². The van der Waals surface area contributed by atoms with Crippen molar-refractivity contribution in [3.8, 4) is 56.9 Å². The largest absolute Gasteiger partial charge is 0.504 e. The van der Waals surface area contributed by atoms with E-state index in [0.29, 0.717) is 6.20 Å². The van der Waals surface area contributed by atoms with Crippen LogP contribution in [0, 0.1) is 26.2 Å². The van der Waals surface area contributed by atoms with Gasteiger partial charge >= 0.3 is 17.6 Å². The van der Waals surface area contributed by atoms with Gasteiger partial charge in [0.15, 0.2) is 11.5 Å². The van der Waals surface area contributed by atoms with Crippen LogP contribution in [0.25, 0.3) is 33.9 Å². The number of nitro groups is 2. The molecule has 0 aliphatic heterocycles. The van der Waals surface area contributed by atoms with Crippen LogP contribution in [0.3, 0.4) is 0 Å². The van der Waals surface area contributed by atoms with Crippen LogP contribution in [0.5, 0.6) is 23.0 Å². The highest BCUT2D eigenvalue weighted by Crippen LogP contribution is 2.41. The Kier molecular flexibility index (Phi) is 8.78. The summed E-state index contributed by atoms with van der Waals surface area (Å²) in [6.45, 7) is 0. The summed E-state index contributed by atoms with van der Waals surface area (Å²) in [6, 6.07) is 8.04. The first-order chi connectivity index (χ1) is 23.2. The number of nitrogens with zero attached hydrogens (tertiary/aromatic N) is 8. The Bertz CT molecular complexity index is 2220. The quantitative estimate of drug-likeness (QED) is 0.0548. The molecule has 16 nitrogen and oxygen atoms in total. The Hall–Kier alpha value is -7.12. The number of alkyl halides is 3. The molecule has 49 heavy (non-hydrogen) atoms. The maximum absolute atomic E-state index is 13.8. The maximum atomic E-state index is 13.8. The van der Waals surface area contributed by atoms with E-state index in [4.69, 9.17) is 0 Å². The summed E-state index contributed by atoms with van der Waals surface area (Å²) in [5.41, 5.74) is -1.59. The van der Waals surface area contributed by atoms with Crippen molar-refractivity contribution in [2.24, 2.45) is 0 Å². The first-order valence-corrected chi connectivity index (χ1v) is 13.3. The fourth-order valence-corrected chi connectivity index (χ4v) is 4.47. The average molecular weight is 683 g/mol. The van der Waals surface area contributed by atoms with E-state index in [9.17, 15) is 58.2 Å². The summed E-state index contributed by atoms with van der Waals surface area (Å²) in [7, 11) is 0. The van der Waals surface area contributed by atoms with Crippen LogP contribution in [0.15, 0.2) is 86.1 Å². The number of hydrogen-bond donors (Lipinski definition) is 4. The first kappa shape index (κ1) is 33.2. The Morgan fingerprint density at radius 1 is 0.714 bits per heavy atom. The summed E-state index contributed by atoms with van der Waals surface area (Å²) in [5, 5.41) is 60.4. The van der Waals surface area contributed by atoms with Crippen molar-refractivity contribution in [3.05, 3.63) is 118 Å². The summed E-state index contributed by atoms with van der Waals surface area (Å²) < 4.78 is 55.0. The molecule has 0 unspecified atom stereocenters. The molecule has 20 heteroatoms. The number of halogens is 4. The molecule has 0 aliphatic carbocycles. The average Bonchev–Trinajstić information content (AvgIpc) is 3.74. The number of imidazole rings is 2. The highest BCUT2D eigenvalue weighted by atomic mass is 19.4. The Labute approximate surface area is 269 Å². The second kappa shape index (κ2) is 12.9. The van der Waals surface area contributed by atoms with Crippen molar-refractivity contribution in [1.29, 1.82) is 0 Å². The molecular formula is C29H18F4N8O8. The minimum Gasteiger partial charge on any atom is -0.504 e. The molecule has 4 aromatic heterocycles. The number of pyridine rings is 2. The van der Waals surface area contributed by atoms with E-state index in [1.54, 1.807) is 0 Å². The van der Waals surface area contributed by atoms with Crippen molar-refractivity contribution in [3.63, 3.8) is 0 Å². The third-order valence-electron chi connectivity index (χ3n) is 6.73. The molecular weight excluding hydrogens is 664 g/mol. The smallest absolute Gasteiger partial charge is 0.417 e. The van der Waals surface area contributed by atoms with Crippen LogP contribution < -0.4 is 0 Å².